The Kier molecular flexibility index (Phi) is 8.88. The molecule has 31 heavy (non-hydrogen) atoms. The van der Waals surface area contributed by atoms with Crippen LogP contribution in [0.5, 0.6) is 0 Å². The van der Waals surface area contributed by atoms with Crippen molar-refractivity contribution in [3.05, 3.63) is 108 Å². The van der Waals surface area contributed by atoms with E-state index < -0.39 is 24.5 Å². The average molecular weight is 510 g/mol. The molecule has 0 spiro atoms. The van der Waals surface area contributed by atoms with Crippen molar-refractivity contribution in [2.45, 2.75) is 20.8 Å². The number of rotatable bonds is 2. The molecule has 0 aliphatic heterocycles. The Morgan fingerprint density at radius 3 is 2.10 bits per heavy atom. The molecular formula is C27H25F2PZr. The van der Waals surface area contributed by atoms with Crippen molar-refractivity contribution in [2.24, 2.45) is 0 Å². The molecule has 5 rings (SSSR count). The second kappa shape index (κ2) is 11.6. The zero-order valence-corrected chi connectivity index (χ0v) is 21.4. The molecule has 5 aromatic carbocycles. The van der Waals surface area contributed by atoms with Gasteiger partial charge in [-0.2, -0.15) is 12.1 Å². The van der Waals surface area contributed by atoms with Gasteiger partial charge in [0, 0.05) is 0 Å². The third-order valence-corrected chi connectivity index (χ3v) is 6.82. The van der Waals surface area contributed by atoms with Gasteiger partial charge in [-0.05, 0) is 12.2 Å². The van der Waals surface area contributed by atoms with Crippen LogP contribution in [0.4, 0.5) is 5.25 Å². The third kappa shape index (κ3) is 6.06. The maximum absolute atomic E-state index is 9.80. The standard InChI is InChI=1S/C16H14P.C11H11.2FH.Zr/c1-12-11-13-7-5-6-10-15(13)16(12)17-14-8-3-2-4-9-14;1-8-6-7-9(2)11-5-3-4-10(8)11;;;/h2-11,17H,1H3;3-7H,1-2H3;2*1H;/q2*-1;;;+4/p-2. The van der Waals surface area contributed by atoms with E-state index in [0.29, 0.717) is 0 Å². The van der Waals surface area contributed by atoms with E-state index in [1.807, 2.05) is 0 Å². The molecule has 0 aliphatic carbocycles. The first-order valence-electron chi connectivity index (χ1n) is 10.1. The van der Waals surface area contributed by atoms with Gasteiger partial charge in [-0.3, -0.25) is 0 Å². The first kappa shape index (κ1) is 23.7. The predicted octanol–water partition coefficient (Wildman–Crippen LogP) is 7.51. The molecule has 156 valence electrons. The molecule has 0 radical (unpaired) electrons. The summed E-state index contributed by atoms with van der Waals surface area (Å²) in [6, 6.07) is 32.5. The summed E-state index contributed by atoms with van der Waals surface area (Å²) in [7, 11) is 0.754. The summed E-state index contributed by atoms with van der Waals surface area (Å²) in [5.41, 5.74) is 4.15. The number of aryl methyl sites for hydroxylation is 3. The first-order chi connectivity index (χ1) is 15.0. The van der Waals surface area contributed by atoms with Gasteiger partial charge >= 0.3 is 29.7 Å². The summed E-state index contributed by atoms with van der Waals surface area (Å²) in [6.45, 7) is 6.52. The topological polar surface area (TPSA) is 0 Å². The van der Waals surface area contributed by atoms with Gasteiger partial charge in [0.1, 0.15) is 0 Å². The van der Waals surface area contributed by atoms with Crippen LogP contribution < -0.4 is 10.6 Å². The third-order valence-electron chi connectivity index (χ3n) is 5.29. The summed E-state index contributed by atoms with van der Waals surface area (Å²) >= 11 is -2.77. The van der Waals surface area contributed by atoms with Gasteiger partial charge in [0.05, 0.1) is 0 Å². The second-order valence-corrected chi connectivity index (χ2v) is 9.08. The SMILES string of the molecule is Cc1[cH-]c2ccccc2c1Pc1ccccc1.Cc1ccc(C)c2[cH-]ccc12.[F][Zr+2][F]. The van der Waals surface area contributed by atoms with E-state index in [1.165, 1.54) is 48.8 Å². The molecule has 0 fully saturated rings. The molecule has 0 saturated heterocycles. The van der Waals surface area contributed by atoms with Gasteiger partial charge in [0.2, 0.25) is 0 Å². The minimum absolute atomic E-state index is 0.754. The zero-order chi connectivity index (χ0) is 22.2. The van der Waals surface area contributed by atoms with E-state index in [0.717, 1.165) is 8.58 Å². The fraction of sp³-hybridized carbons (Fsp3) is 0.111. The van der Waals surface area contributed by atoms with Gasteiger partial charge in [0.25, 0.3) is 0 Å². The van der Waals surface area contributed by atoms with Crippen molar-refractivity contribution in [3.8, 4) is 0 Å². The van der Waals surface area contributed by atoms with E-state index in [2.05, 4.69) is 112 Å². The van der Waals surface area contributed by atoms with Crippen LogP contribution in [-0.2, 0) is 24.5 Å². The van der Waals surface area contributed by atoms with Gasteiger partial charge in [-0.25, -0.2) is 0 Å². The van der Waals surface area contributed by atoms with E-state index in [1.54, 1.807) is 0 Å². The molecule has 1 unspecified atom stereocenters. The van der Waals surface area contributed by atoms with Crippen molar-refractivity contribution >= 4 is 40.7 Å². The molecule has 0 N–H and O–H groups in total. The van der Waals surface area contributed by atoms with Crippen LogP contribution in [0.15, 0.2) is 91.0 Å². The molecule has 0 nitrogen and oxygen atoms in total. The van der Waals surface area contributed by atoms with Crippen LogP contribution >= 0.6 is 8.58 Å². The van der Waals surface area contributed by atoms with Crippen LogP contribution in [0.25, 0.3) is 21.5 Å². The Balaban J connectivity index is 0.000000167. The quantitative estimate of drug-likeness (QED) is 0.171. The molecular weight excluding hydrogens is 484 g/mol. The average Bonchev–Trinajstić information content (AvgIpc) is 3.39. The van der Waals surface area contributed by atoms with Crippen LogP contribution in [0, 0.1) is 20.8 Å². The van der Waals surface area contributed by atoms with Crippen LogP contribution in [0.1, 0.15) is 16.7 Å². The molecule has 0 aliphatic rings. The van der Waals surface area contributed by atoms with Crippen LogP contribution in [0.2, 0.25) is 0 Å². The molecule has 0 heterocycles. The zero-order valence-electron chi connectivity index (χ0n) is 17.9. The molecule has 0 bridgehead atoms. The molecule has 5 aromatic rings. The van der Waals surface area contributed by atoms with Crippen molar-refractivity contribution in [1.29, 1.82) is 0 Å². The van der Waals surface area contributed by atoms with Crippen LogP contribution in [-0.4, -0.2) is 0 Å². The second-order valence-electron chi connectivity index (χ2n) is 7.40. The number of hydrogen-bond acceptors (Lipinski definition) is 0. The van der Waals surface area contributed by atoms with Crippen molar-refractivity contribution in [2.75, 3.05) is 0 Å². The summed E-state index contributed by atoms with van der Waals surface area (Å²) in [5.74, 6) is 0. The van der Waals surface area contributed by atoms with E-state index >= 15 is 0 Å². The molecule has 0 aromatic heterocycles. The fourth-order valence-electron chi connectivity index (χ4n) is 3.74. The monoisotopic (exact) mass is 508 g/mol. The normalized spacial score (nSPS) is 10.5. The number of benzene rings is 3. The van der Waals surface area contributed by atoms with Gasteiger partial charge in [-0.1, -0.05) is 61.9 Å². The van der Waals surface area contributed by atoms with Crippen molar-refractivity contribution in [3.63, 3.8) is 0 Å². The summed E-state index contributed by atoms with van der Waals surface area (Å²) in [6.07, 6.45) is 0. The van der Waals surface area contributed by atoms with Crippen molar-refractivity contribution in [1.82, 2.24) is 0 Å². The fourth-order valence-corrected chi connectivity index (χ4v) is 5.02. The Bertz CT molecular complexity index is 1200. The van der Waals surface area contributed by atoms with E-state index in [-0.39, 0.29) is 0 Å². The molecule has 0 amide bonds. The van der Waals surface area contributed by atoms with E-state index in [9.17, 15) is 5.25 Å². The molecule has 4 heteroatoms. The first-order valence-corrected chi connectivity index (χ1v) is 13.0. The maximum atomic E-state index is 9.80. The van der Waals surface area contributed by atoms with Gasteiger partial charge < -0.3 is 0 Å². The molecule has 0 saturated carbocycles. The predicted molar refractivity (Wildman–Crippen MR) is 130 cm³/mol. The summed E-state index contributed by atoms with van der Waals surface area (Å²) < 4.78 is 19.6. The summed E-state index contributed by atoms with van der Waals surface area (Å²) in [4.78, 5) is 0. The van der Waals surface area contributed by atoms with E-state index in [4.69, 9.17) is 0 Å². The Morgan fingerprint density at radius 2 is 1.39 bits per heavy atom. The number of hydrogen-bond donors (Lipinski definition) is 0. The Hall–Kier alpha value is -1.95. The summed E-state index contributed by atoms with van der Waals surface area (Å²) in [5, 5.41) is 8.46. The van der Waals surface area contributed by atoms with Gasteiger partial charge in [0.15, 0.2) is 0 Å². The van der Waals surface area contributed by atoms with Crippen molar-refractivity contribution < 1.29 is 29.7 Å². The Morgan fingerprint density at radius 1 is 0.742 bits per heavy atom. The number of fused-ring (bicyclic) bond motifs is 2. The van der Waals surface area contributed by atoms with Gasteiger partial charge in [-0.15, -0.1) is 83.0 Å². The molecule has 1 atom stereocenters. The number of halogens is 2. The minimum atomic E-state index is -2.77. The van der Waals surface area contributed by atoms with Crippen LogP contribution in [0.3, 0.4) is 0 Å². The Labute approximate surface area is 198 Å².